The van der Waals surface area contributed by atoms with Crippen molar-refractivity contribution >= 4 is 28.3 Å². The maximum Gasteiger partial charge on any atom is 0.126 e. The van der Waals surface area contributed by atoms with Gasteiger partial charge in [0.05, 0.1) is 0 Å². The Morgan fingerprint density at radius 2 is 1.79 bits per heavy atom. The fourth-order valence-electron chi connectivity index (χ4n) is 1.98. The second kappa shape index (κ2) is 5.90. The molecule has 19 heavy (non-hydrogen) atoms. The van der Waals surface area contributed by atoms with E-state index in [-0.39, 0.29) is 11.9 Å². The van der Waals surface area contributed by atoms with Crippen LogP contribution < -0.4 is 5.32 Å². The molecule has 0 saturated heterocycles. The summed E-state index contributed by atoms with van der Waals surface area (Å²) in [6.45, 7) is 5.90. The summed E-state index contributed by atoms with van der Waals surface area (Å²) in [5, 5.41) is 3.43. The normalized spacial score (nSPS) is 12.3. The van der Waals surface area contributed by atoms with Crippen LogP contribution in [-0.4, -0.2) is 0 Å². The molecule has 1 atom stereocenters. The molecule has 0 heterocycles. The van der Waals surface area contributed by atoms with Crippen molar-refractivity contribution in [3.8, 4) is 0 Å². The zero-order valence-corrected chi connectivity index (χ0v) is 13.5. The zero-order valence-electron chi connectivity index (χ0n) is 11.3. The number of nitrogens with one attached hydrogen (secondary N) is 1. The number of rotatable bonds is 3. The predicted molar refractivity (Wildman–Crippen MR) is 87.1 cm³/mol. The summed E-state index contributed by atoms with van der Waals surface area (Å²) in [5.74, 6) is -0.148. The van der Waals surface area contributed by atoms with Crippen molar-refractivity contribution in [2.24, 2.45) is 0 Å². The third-order valence-corrected chi connectivity index (χ3v) is 3.93. The second-order valence-corrected chi connectivity index (χ2v) is 6.08. The largest absolute Gasteiger partial charge is 0.378 e. The summed E-state index contributed by atoms with van der Waals surface area (Å²) in [6.07, 6.45) is 0. The van der Waals surface area contributed by atoms with Crippen LogP contribution in [0.15, 0.2) is 36.4 Å². The van der Waals surface area contributed by atoms with E-state index in [2.05, 4.69) is 53.0 Å². The third kappa shape index (κ3) is 3.47. The van der Waals surface area contributed by atoms with Crippen LogP contribution in [0.4, 0.5) is 10.1 Å². The molecule has 2 aromatic rings. The predicted octanol–water partition coefficient (Wildman–Crippen LogP) is 5.22. The molecule has 0 aliphatic rings. The first-order valence-corrected chi connectivity index (χ1v) is 7.34. The van der Waals surface area contributed by atoms with E-state index < -0.39 is 0 Å². The van der Waals surface area contributed by atoms with Crippen molar-refractivity contribution < 1.29 is 4.39 Å². The molecule has 0 fully saturated rings. The van der Waals surface area contributed by atoms with Crippen LogP contribution in [0.3, 0.4) is 0 Å². The van der Waals surface area contributed by atoms with Crippen molar-refractivity contribution in [3.63, 3.8) is 0 Å². The fraction of sp³-hybridized carbons (Fsp3) is 0.250. The summed E-state index contributed by atoms with van der Waals surface area (Å²) >= 11 is 2.30. The maximum absolute atomic E-state index is 13.6. The molecule has 1 unspecified atom stereocenters. The summed E-state index contributed by atoms with van der Waals surface area (Å²) in [7, 11) is 0. The quantitative estimate of drug-likeness (QED) is 0.732. The third-order valence-electron chi connectivity index (χ3n) is 3.26. The van der Waals surface area contributed by atoms with Gasteiger partial charge in [-0.2, -0.15) is 0 Å². The molecule has 0 bridgehead atoms. The van der Waals surface area contributed by atoms with Gasteiger partial charge in [0.15, 0.2) is 0 Å². The number of hydrogen-bond acceptors (Lipinski definition) is 1. The van der Waals surface area contributed by atoms with E-state index in [0.29, 0.717) is 5.56 Å². The summed E-state index contributed by atoms with van der Waals surface area (Å²) in [5.41, 5.74) is 3.93. The van der Waals surface area contributed by atoms with Crippen LogP contribution in [0.1, 0.15) is 29.7 Å². The SMILES string of the molecule is Cc1ccc(C(C)Nc2ccc(I)cc2C)cc1F. The van der Waals surface area contributed by atoms with Gasteiger partial charge in [0.25, 0.3) is 0 Å². The number of hydrogen-bond donors (Lipinski definition) is 1. The highest BCUT2D eigenvalue weighted by atomic mass is 127. The van der Waals surface area contributed by atoms with Gasteiger partial charge in [0.1, 0.15) is 5.82 Å². The summed E-state index contributed by atoms with van der Waals surface area (Å²) < 4.78 is 14.8. The average molecular weight is 369 g/mol. The minimum absolute atomic E-state index is 0.0776. The van der Waals surface area contributed by atoms with E-state index >= 15 is 0 Å². The summed E-state index contributed by atoms with van der Waals surface area (Å²) in [6, 6.07) is 11.7. The Bertz CT molecular complexity index is 595. The highest BCUT2D eigenvalue weighted by molar-refractivity contribution is 14.1. The molecule has 2 rings (SSSR count). The monoisotopic (exact) mass is 369 g/mol. The lowest BCUT2D eigenvalue weighted by Gasteiger charge is -2.18. The number of benzene rings is 2. The standard InChI is InChI=1S/C16H17FIN/c1-10-4-5-13(9-15(10)17)12(3)19-16-7-6-14(18)8-11(16)2/h4-9,12,19H,1-3H3. The van der Waals surface area contributed by atoms with Crippen molar-refractivity contribution in [2.45, 2.75) is 26.8 Å². The van der Waals surface area contributed by atoms with E-state index in [0.717, 1.165) is 11.3 Å². The average Bonchev–Trinajstić information content (AvgIpc) is 2.36. The molecule has 0 saturated carbocycles. The van der Waals surface area contributed by atoms with E-state index in [4.69, 9.17) is 0 Å². The Morgan fingerprint density at radius 1 is 1.05 bits per heavy atom. The van der Waals surface area contributed by atoms with Crippen molar-refractivity contribution in [1.29, 1.82) is 0 Å². The molecule has 100 valence electrons. The first-order chi connectivity index (χ1) is 8.97. The van der Waals surface area contributed by atoms with E-state index in [9.17, 15) is 4.39 Å². The van der Waals surface area contributed by atoms with Crippen LogP contribution in [-0.2, 0) is 0 Å². The lowest BCUT2D eigenvalue weighted by atomic mass is 10.1. The van der Waals surface area contributed by atoms with Crippen LogP contribution in [0.2, 0.25) is 0 Å². The lowest BCUT2D eigenvalue weighted by molar-refractivity contribution is 0.614. The molecule has 3 heteroatoms. The van der Waals surface area contributed by atoms with Gasteiger partial charge >= 0.3 is 0 Å². The molecule has 0 aromatic heterocycles. The molecular weight excluding hydrogens is 352 g/mol. The molecule has 1 N–H and O–H groups in total. The molecule has 0 aliphatic heterocycles. The molecule has 0 spiro atoms. The van der Waals surface area contributed by atoms with E-state index in [1.54, 1.807) is 13.0 Å². The fourth-order valence-corrected chi connectivity index (χ4v) is 2.63. The van der Waals surface area contributed by atoms with Crippen molar-refractivity contribution in [2.75, 3.05) is 5.32 Å². The Hall–Kier alpha value is -1.10. The van der Waals surface area contributed by atoms with E-state index in [1.165, 1.54) is 9.13 Å². The summed E-state index contributed by atoms with van der Waals surface area (Å²) in [4.78, 5) is 0. The van der Waals surface area contributed by atoms with Crippen LogP contribution in [0.25, 0.3) is 0 Å². The number of halogens is 2. The van der Waals surface area contributed by atoms with Gasteiger partial charge in [0.2, 0.25) is 0 Å². The Kier molecular flexibility index (Phi) is 4.45. The molecule has 0 amide bonds. The van der Waals surface area contributed by atoms with Gasteiger partial charge < -0.3 is 5.32 Å². The van der Waals surface area contributed by atoms with Gasteiger partial charge in [-0.15, -0.1) is 0 Å². The molecular formula is C16H17FIN. The minimum atomic E-state index is -0.148. The van der Waals surface area contributed by atoms with Crippen LogP contribution in [0, 0.1) is 23.2 Å². The molecule has 0 aliphatic carbocycles. The van der Waals surface area contributed by atoms with Gasteiger partial charge in [-0.05, 0) is 84.3 Å². The number of anilines is 1. The Morgan fingerprint density at radius 3 is 2.42 bits per heavy atom. The molecule has 1 nitrogen and oxygen atoms in total. The highest BCUT2D eigenvalue weighted by Crippen LogP contribution is 2.24. The topological polar surface area (TPSA) is 12.0 Å². The van der Waals surface area contributed by atoms with E-state index in [1.807, 2.05) is 19.1 Å². The minimum Gasteiger partial charge on any atom is -0.378 e. The Balaban J connectivity index is 2.20. The highest BCUT2D eigenvalue weighted by Gasteiger charge is 2.09. The molecule has 0 radical (unpaired) electrons. The molecule has 2 aromatic carbocycles. The number of aryl methyl sites for hydroxylation is 2. The van der Waals surface area contributed by atoms with Crippen molar-refractivity contribution in [1.82, 2.24) is 0 Å². The first-order valence-electron chi connectivity index (χ1n) is 6.26. The van der Waals surface area contributed by atoms with Crippen molar-refractivity contribution in [3.05, 3.63) is 62.5 Å². The van der Waals surface area contributed by atoms with Gasteiger partial charge in [-0.1, -0.05) is 12.1 Å². The van der Waals surface area contributed by atoms with Crippen LogP contribution in [0.5, 0.6) is 0 Å². The second-order valence-electron chi connectivity index (χ2n) is 4.83. The smallest absolute Gasteiger partial charge is 0.126 e. The zero-order chi connectivity index (χ0) is 14.0. The first kappa shape index (κ1) is 14.3. The maximum atomic E-state index is 13.6. The van der Waals surface area contributed by atoms with Gasteiger partial charge in [0, 0.05) is 15.3 Å². The van der Waals surface area contributed by atoms with Gasteiger partial charge in [-0.25, -0.2) is 4.39 Å². The van der Waals surface area contributed by atoms with Crippen LogP contribution >= 0.6 is 22.6 Å². The Labute approximate surface area is 127 Å². The lowest BCUT2D eigenvalue weighted by Crippen LogP contribution is -2.08. The van der Waals surface area contributed by atoms with Gasteiger partial charge in [-0.3, -0.25) is 0 Å².